The lowest BCUT2D eigenvalue weighted by molar-refractivity contribution is 0.927. The van der Waals surface area contributed by atoms with Crippen LogP contribution >= 0.6 is 11.3 Å². The van der Waals surface area contributed by atoms with E-state index in [0.717, 1.165) is 27.6 Å². The Morgan fingerprint density at radius 2 is 2.22 bits per heavy atom. The molecule has 0 fully saturated rings. The van der Waals surface area contributed by atoms with Gasteiger partial charge in [-0.3, -0.25) is 10.1 Å². The molecule has 0 amide bonds. The van der Waals surface area contributed by atoms with Gasteiger partial charge >= 0.3 is 0 Å². The van der Waals surface area contributed by atoms with E-state index in [0.29, 0.717) is 5.82 Å². The molecule has 0 radical (unpaired) electrons. The molecule has 0 saturated carbocycles. The van der Waals surface area contributed by atoms with E-state index in [1.54, 1.807) is 23.7 Å². The highest BCUT2D eigenvalue weighted by molar-refractivity contribution is 7.10. The van der Waals surface area contributed by atoms with Gasteiger partial charge in [-0.15, -0.1) is 11.3 Å². The molecule has 3 aromatic rings. The van der Waals surface area contributed by atoms with Crippen LogP contribution in [0.4, 0.5) is 5.82 Å². The Kier molecular flexibility index (Phi) is 3.47. The molecule has 1 unspecified atom stereocenters. The van der Waals surface area contributed by atoms with Crippen molar-refractivity contribution in [1.82, 2.24) is 20.5 Å². The second-order valence-corrected chi connectivity index (χ2v) is 5.98. The molecule has 0 spiro atoms. The molecule has 4 rings (SSSR count). The van der Waals surface area contributed by atoms with Crippen LogP contribution in [0, 0.1) is 0 Å². The molecule has 0 bridgehead atoms. The lowest BCUT2D eigenvalue weighted by Crippen LogP contribution is -2.24. The van der Waals surface area contributed by atoms with Crippen molar-refractivity contribution in [3.63, 3.8) is 0 Å². The fourth-order valence-electron chi connectivity index (χ4n) is 2.55. The van der Waals surface area contributed by atoms with E-state index in [9.17, 15) is 0 Å². The van der Waals surface area contributed by atoms with Crippen molar-refractivity contribution in [3.8, 4) is 0 Å². The van der Waals surface area contributed by atoms with E-state index in [-0.39, 0.29) is 6.04 Å². The third kappa shape index (κ3) is 2.44. The number of fused-ring (bicyclic) bond motifs is 1. The largest absolute Gasteiger partial charge is 0.374 e. The lowest BCUT2D eigenvalue weighted by Gasteiger charge is -2.13. The second kappa shape index (κ2) is 5.77. The average molecular weight is 322 g/mol. The smallest absolute Gasteiger partial charge is 0.163 e. The molecular weight excluding hydrogens is 308 g/mol. The quantitative estimate of drug-likeness (QED) is 0.761. The molecule has 4 heterocycles. The molecule has 1 aliphatic heterocycles. The third-order valence-electron chi connectivity index (χ3n) is 3.63. The number of aliphatic imine (C=N–C) groups is 2. The highest BCUT2D eigenvalue weighted by atomic mass is 32.1. The standard InChI is InChI=1S/C16H14N6S/c1-17-16-14(12-5-3-7-23-12)21-13(10-8-19-20-9-10)11-4-2-6-18-15(11)22-16/h2-9,14H,1H3,(H,19,20)(H,17,18,22). The van der Waals surface area contributed by atoms with E-state index in [1.165, 1.54) is 0 Å². The van der Waals surface area contributed by atoms with Gasteiger partial charge in [-0.05, 0) is 23.6 Å². The van der Waals surface area contributed by atoms with Crippen LogP contribution < -0.4 is 5.32 Å². The first-order valence-electron chi connectivity index (χ1n) is 7.19. The summed E-state index contributed by atoms with van der Waals surface area (Å²) in [5.41, 5.74) is 2.67. The summed E-state index contributed by atoms with van der Waals surface area (Å²) in [6.07, 6.45) is 5.35. The van der Waals surface area contributed by atoms with E-state index >= 15 is 0 Å². The molecule has 2 N–H and O–H groups in total. The Balaban J connectivity index is 1.96. The molecule has 114 valence electrons. The highest BCUT2D eigenvalue weighted by Gasteiger charge is 2.25. The zero-order chi connectivity index (χ0) is 15.6. The predicted molar refractivity (Wildman–Crippen MR) is 91.7 cm³/mol. The Hall–Kier alpha value is -2.80. The number of H-pyrrole nitrogens is 1. The van der Waals surface area contributed by atoms with Gasteiger partial charge in [-0.2, -0.15) is 5.10 Å². The van der Waals surface area contributed by atoms with Gasteiger partial charge in [0.05, 0.1) is 11.9 Å². The van der Waals surface area contributed by atoms with Crippen molar-refractivity contribution in [2.24, 2.45) is 9.98 Å². The zero-order valence-corrected chi connectivity index (χ0v) is 13.2. The molecule has 1 aliphatic rings. The number of pyridine rings is 1. The number of likely N-dealkylation sites (N-methyl/N-ethyl adjacent to an activating group) is 1. The minimum Gasteiger partial charge on any atom is -0.374 e. The summed E-state index contributed by atoms with van der Waals surface area (Å²) in [5.74, 6) is 1.45. The first-order chi connectivity index (χ1) is 11.4. The molecule has 7 heteroatoms. The number of nitrogens with one attached hydrogen (secondary N) is 2. The second-order valence-electron chi connectivity index (χ2n) is 5.00. The molecule has 0 aromatic carbocycles. The molecule has 6 nitrogen and oxygen atoms in total. The highest BCUT2D eigenvalue weighted by Crippen LogP contribution is 2.31. The van der Waals surface area contributed by atoms with Gasteiger partial charge in [0.25, 0.3) is 0 Å². The summed E-state index contributed by atoms with van der Waals surface area (Å²) in [6.45, 7) is 0. The number of nitrogens with zero attached hydrogens (tertiary/aromatic N) is 4. The predicted octanol–water partition coefficient (Wildman–Crippen LogP) is 2.71. The number of amidine groups is 1. The van der Waals surface area contributed by atoms with Crippen LogP contribution in [-0.4, -0.2) is 33.8 Å². The topological polar surface area (TPSA) is 78.3 Å². The van der Waals surface area contributed by atoms with E-state index in [4.69, 9.17) is 9.98 Å². The van der Waals surface area contributed by atoms with Crippen molar-refractivity contribution in [2.45, 2.75) is 6.04 Å². The van der Waals surface area contributed by atoms with E-state index in [2.05, 4.69) is 26.6 Å². The summed E-state index contributed by atoms with van der Waals surface area (Å²) in [6, 6.07) is 7.80. The minimum atomic E-state index is -0.181. The number of aromatic nitrogens is 3. The van der Waals surface area contributed by atoms with E-state index < -0.39 is 0 Å². The van der Waals surface area contributed by atoms with Crippen LogP contribution in [0.5, 0.6) is 0 Å². The van der Waals surface area contributed by atoms with Crippen molar-refractivity contribution in [2.75, 3.05) is 7.05 Å². The summed E-state index contributed by atoms with van der Waals surface area (Å²) >= 11 is 1.66. The maximum atomic E-state index is 4.99. The fourth-order valence-corrected chi connectivity index (χ4v) is 3.32. The van der Waals surface area contributed by atoms with Crippen molar-refractivity contribution in [1.29, 1.82) is 0 Å². The lowest BCUT2D eigenvalue weighted by atomic mass is 10.1. The Morgan fingerprint density at radius 1 is 1.26 bits per heavy atom. The van der Waals surface area contributed by atoms with Gasteiger partial charge in [0.2, 0.25) is 0 Å². The van der Waals surface area contributed by atoms with Crippen molar-refractivity contribution in [3.05, 3.63) is 64.2 Å². The SMILES string of the molecule is CNC1=Nc2ncccc2C(c2cn[nH]c2)=NC1c1cccs1. The first-order valence-corrected chi connectivity index (χ1v) is 8.07. The van der Waals surface area contributed by atoms with Crippen LogP contribution in [0.1, 0.15) is 22.0 Å². The Morgan fingerprint density at radius 3 is 2.96 bits per heavy atom. The van der Waals surface area contributed by atoms with Crippen LogP contribution in [0.25, 0.3) is 0 Å². The minimum absolute atomic E-state index is 0.181. The molecular formula is C16H14N6S. The van der Waals surface area contributed by atoms with E-state index in [1.807, 2.05) is 36.8 Å². The number of rotatable bonds is 2. The van der Waals surface area contributed by atoms with Gasteiger partial charge in [0.15, 0.2) is 5.82 Å². The summed E-state index contributed by atoms with van der Waals surface area (Å²) in [5, 5.41) is 12.1. The molecule has 0 aliphatic carbocycles. The van der Waals surface area contributed by atoms with Gasteiger partial charge in [-0.1, -0.05) is 6.07 Å². The summed E-state index contributed by atoms with van der Waals surface area (Å²) in [4.78, 5) is 15.2. The fraction of sp³-hybridized carbons (Fsp3) is 0.125. The maximum absolute atomic E-state index is 4.99. The average Bonchev–Trinajstić information content (AvgIpc) is 3.26. The molecule has 1 atom stereocenters. The third-order valence-corrected chi connectivity index (χ3v) is 4.55. The molecule has 3 aromatic heterocycles. The zero-order valence-electron chi connectivity index (χ0n) is 12.4. The number of thiophene rings is 1. The molecule has 23 heavy (non-hydrogen) atoms. The van der Waals surface area contributed by atoms with Crippen molar-refractivity contribution >= 4 is 28.7 Å². The Bertz CT molecular complexity index is 864. The number of hydrogen-bond donors (Lipinski definition) is 2. The van der Waals surface area contributed by atoms with Crippen LogP contribution in [0.3, 0.4) is 0 Å². The number of aromatic amines is 1. The maximum Gasteiger partial charge on any atom is 0.163 e. The first kappa shape index (κ1) is 13.8. The van der Waals surface area contributed by atoms with Crippen LogP contribution in [0.15, 0.2) is 58.2 Å². The van der Waals surface area contributed by atoms with Gasteiger partial charge in [0, 0.05) is 35.4 Å². The van der Waals surface area contributed by atoms with Crippen LogP contribution in [0.2, 0.25) is 0 Å². The van der Waals surface area contributed by atoms with Gasteiger partial charge < -0.3 is 5.32 Å². The normalized spacial score (nSPS) is 17.0. The van der Waals surface area contributed by atoms with Crippen molar-refractivity contribution < 1.29 is 0 Å². The summed E-state index contributed by atoms with van der Waals surface area (Å²) in [7, 11) is 1.86. The monoisotopic (exact) mass is 322 g/mol. The summed E-state index contributed by atoms with van der Waals surface area (Å²) < 4.78 is 0. The number of hydrogen-bond acceptors (Lipinski definition) is 6. The van der Waals surface area contributed by atoms with Crippen LogP contribution in [-0.2, 0) is 0 Å². The Labute approximate surface area is 137 Å². The molecule has 0 saturated heterocycles. The van der Waals surface area contributed by atoms with Gasteiger partial charge in [0.1, 0.15) is 11.9 Å². The van der Waals surface area contributed by atoms with Gasteiger partial charge in [-0.25, -0.2) is 9.98 Å².